The molecule has 10 heteroatoms. The molecule has 0 saturated heterocycles. The van der Waals surface area contributed by atoms with E-state index in [4.69, 9.17) is 14.7 Å². The van der Waals surface area contributed by atoms with Gasteiger partial charge in [0.25, 0.3) is 5.56 Å². The predicted octanol–water partition coefficient (Wildman–Crippen LogP) is 3.75. The summed E-state index contributed by atoms with van der Waals surface area (Å²) in [6.45, 7) is 6.01. The number of benzene rings is 1. The largest absolute Gasteiger partial charge is 0.497 e. The number of thiazole rings is 1. The maximum atomic E-state index is 13.0. The Morgan fingerprint density at radius 1 is 1.03 bits per heavy atom. The number of fused-ring (bicyclic) bond motifs is 1. The molecule has 0 saturated carbocycles. The molecule has 0 aliphatic carbocycles. The van der Waals surface area contributed by atoms with Crippen molar-refractivity contribution < 1.29 is 4.74 Å². The van der Waals surface area contributed by atoms with Gasteiger partial charge in [-0.05, 0) is 24.3 Å². The summed E-state index contributed by atoms with van der Waals surface area (Å²) in [7, 11) is 4.73. The number of hydrogen-bond donors (Lipinski definition) is 0. The quantitative estimate of drug-likeness (QED) is 0.315. The predicted molar refractivity (Wildman–Crippen MR) is 132 cm³/mol. The van der Waals surface area contributed by atoms with Gasteiger partial charge in [0.05, 0.1) is 12.8 Å². The third-order valence-corrected chi connectivity index (χ3v) is 7.13. The fraction of sp³-hybridized carbons (Fsp3) is 0.348. The maximum Gasteiger partial charge on any atom is 0.332 e. The highest BCUT2D eigenvalue weighted by Gasteiger charge is 2.23. The van der Waals surface area contributed by atoms with Crippen molar-refractivity contribution >= 4 is 34.1 Å². The molecule has 8 nitrogen and oxygen atoms in total. The van der Waals surface area contributed by atoms with Crippen LogP contribution in [0.2, 0.25) is 0 Å². The first-order valence-electron chi connectivity index (χ1n) is 10.3. The maximum absolute atomic E-state index is 13.0. The average Bonchev–Trinajstić information content (AvgIpc) is 3.28. The Labute approximate surface area is 199 Å². The van der Waals surface area contributed by atoms with Crippen LogP contribution in [0.3, 0.4) is 0 Å². The highest BCUT2D eigenvalue weighted by atomic mass is 32.2. The van der Waals surface area contributed by atoms with E-state index in [-0.39, 0.29) is 5.41 Å². The standard InChI is InChI=1S/C23H25N5O3S2/c1-23(2,3)21-25-17-16(20(29)28(5)22(30)27(17)4)19(26-21)33-12-14-11-32-18(24-14)13-7-9-15(31-6)10-8-13/h7-11H,12H2,1-6H3. The Kier molecular flexibility index (Phi) is 6.15. The van der Waals surface area contributed by atoms with E-state index in [0.717, 1.165) is 26.6 Å². The molecular formula is C23H25N5O3S2. The van der Waals surface area contributed by atoms with E-state index in [9.17, 15) is 9.59 Å². The van der Waals surface area contributed by atoms with Gasteiger partial charge in [0.15, 0.2) is 5.65 Å². The monoisotopic (exact) mass is 483 g/mol. The van der Waals surface area contributed by atoms with Crippen LogP contribution in [0.4, 0.5) is 0 Å². The molecule has 33 heavy (non-hydrogen) atoms. The van der Waals surface area contributed by atoms with Gasteiger partial charge in [-0.2, -0.15) is 0 Å². The molecule has 0 aliphatic rings. The summed E-state index contributed by atoms with van der Waals surface area (Å²) < 4.78 is 7.72. The first kappa shape index (κ1) is 23.2. The lowest BCUT2D eigenvalue weighted by Gasteiger charge is -2.19. The Bertz CT molecular complexity index is 1450. The van der Waals surface area contributed by atoms with Crippen LogP contribution in [0.15, 0.2) is 44.3 Å². The smallest absolute Gasteiger partial charge is 0.332 e. The first-order valence-corrected chi connectivity index (χ1v) is 12.2. The molecule has 0 amide bonds. The zero-order chi connectivity index (χ0) is 23.9. The van der Waals surface area contributed by atoms with Gasteiger partial charge >= 0.3 is 5.69 Å². The lowest BCUT2D eigenvalue weighted by molar-refractivity contribution is 0.415. The van der Waals surface area contributed by atoms with E-state index in [2.05, 4.69) is 4.98 Å². The van der Waals surface area contributed by atoms with Gasteiger partial charge in [-0.3, -0.25) is 13.9 Å². The summed E-state index contributed by atoms with van der Waals surface area (Å²) >= 11 is 2.99. The topological polar surface area (TPSA) is 91.9 Å². The first-order chi connectivity index (χ1) is 15.6. The molecule has 1 aromatic carbocycles. The van der Waals surface area contributed by atoms with Gasteiger partial charge in [0.2, 0.25) is 0 Å². The van der Waals surface area contributed by atoms with Crippen LogP contribution in [-0.2, 0) is 25.3 Å². The molecule has 0 N–H and O–H groups in total. The van der Waals surface area contributed by atoms with Gasteiger partial charge in [0.1, 0.15) is 27.0 Å². The van der Waals surface area contributed by atoms with Gasteiger partial charge in [-0.25, -0.2) is 19.7 Å². The zero-order valence-corrected chi connectivity index (χ0v) is 21.0. The molecule has 0 bridgehead atoms. The second-order valence-electron chi connectivity index (χ2n) is 8.67. The second kappa shape index (κ2) is 8.75. The molecule has 4 rings (SSSR count). The lowest BCUT2D eigenvalue weighted by atomic mass is 9.96. The van der Waals surface area contributed by atoms with Crippen molar-refractivity contribution in [3.63, 3.8) is 0 Å². The number of aryl methyl sites for hydroxylation is 1. The number of thioether (sulfide) groups is 1. The Morgan fingerprint density at radius 2 is 1.73 bits per heavy atom. The van der Waals surface area contributed by atoms with Crippen molar-refractivity contribution in [3.8, 4) is 16.3 Å². The lowest BCUT2D eigenvalue weighted by Crippen LogP contribution is -2.38. The number of rotatable bonds is 5. The fourth-order valence-corrected chi connectivity index (χ4v) is 5.09. The van der Waals surface area contributed by atoms with E-state index in [1.807, 2.05) is 50.4 Å². The highest BCUT2D eigenvalue weighted by Crippen LogP contribution is 2.31. The highest BCUT2D eigenvalue weighted by molar-refractivity contribution is 7.98. The normalized spacial score (nSPS) is 11.8. The van der Waals surface area contributed by atoms with Gasteiger partial charge in [-0.15, -0.1) is 11.3 Å². The van der Waals surface area contributed by atoms with Crippen molar-refractivity contribution in [1.29, 1.82) is 0 Å². The number of nitrogens with zero attached hydrogens (tertiary/aromatic N) is 5. The average molecular weight is 484 g/mol. The van der Waals surface area contributed by atoms with Crippen molar-refractivity contribution in [2.75, 3.05) is 7.11 Å². The summed E-state index contributed by atoms with van der Waals surface area (Å²) in [4.78, 5) is 39.5. The van der Waals surface area contributed by atoms with Crippen LogP contribution >= 0.6 is 23.1 Å². The molecule has 0 atom stereocenters. The minimum atomic E-state index is -0.411. The van der Waals surface area contributed by atoms with Crippen LogP contribution in [0.1, 0.15) is 32.3 Å². The number of methoxy groups -OCH3 is 1. The molecule has 3 heterocycles. The molecule has 3 aromatic heterocycles. The van der Waals surface area contributed by atoms with E-state index in [1.54, 1.807) is 25.5 Å². The van der Waals surface area contributed by atoms with Crippen molar-refractivity contribution in [2.24, 2.45) is 14.1 Å². The van der Waals surface area contributed by atoms with Crippen LogP contribution in [0.25, 0.3) is 21.6 Å². The summed E-state index contributed by atoms with van der Waals surface area (Å²) in [5, 5.41) is 3.83. The zero-order valence-electron chi connectivity index (χ0n) is 19.4. The summed E-state index contributed by atoms with van der Waals surface area (Å²) in [5.41, 5.74) is 1.11. The summed E-state index contributed by atoms with van der Waals surface area (Å²) in [6.07, 6.45) is 0. The van der Waals surface area contributed by atoms with Crippen LogP contribution in [0, 0.1) is 0 Å². The molecule has 0 aliphatic heterocycles. The van der Waals surface area contributed by atoms with E-state index in [0.29, 0.717) is 27.6 Å². The van der Waals surface area contributed by atoms with Crippen LogP contribution < -0.4 is 16.0 Å². The minimum absolute atomic E-state index is 0.344. The molecule has 172 valence electrons. The van der Waals surface area contributed by atoms with Gasteiger partial charge in [-0.1, -0.05) is 32.5 Å². The molecule has 0 radical (unpaired) electrons. The molecule has 4 aromatic rings. The SMILES string of the molecule is COc1ccc(-c2nc(CSc3nc(C(C)(C)C)nc4c3c(=O)n(C)c(=O)n4C)cs2)cc1. The van der Waals surface area contributed by atoms with E-state index >= 15 is 0 Å². The summed E-state index contributed by atoms with van der Waals surface area (Å²) in [6, 6.07) is 7.78. The summed E-state index contributed by atoms with van der Waals surface area (Å²) in [5.74, 6) is 1.92. The van der Waals surface area contributed by atoms with Crippen molar-refractivity contribution in [3.05, 3.63) is 62.0 Å². The Morgan fingerprint density at radius 3 is 2.36 bits per heavy atom. The molecule has 0 unspecified atom stereocenters. The Hall–Kier alpha value is -2.98. The number of ether oxygens (including phenoxy) is 1. The molecule has 0 fully saturated rings. The molecule has 0 spiro atoms. The number of aromatic nitrogens is 5. The van der Waals surface area contributed by atoms with Crippen LogP contribution in [0.5, 0.6) is 5.75 Å². The minimum Gasteiger partial charge on any atom is -0.497 e. The van der Waals surface area contributed by atoms with Crippen molar-refractivity contribution in [1.82, 2.24) is 24.1 Å². The van der Waals surface area contributed by atoms with Crippen LogP contribution in [-0.4, -0.2) is 31.2 Å². The van der Waals surface area contributed by atoms with Crippen molar-refractivity contribution in [2.45, 2.75) is 37.0 Å². The van der Waals surface area contributed by atoms with E-state index in [1.165, 1.54) is 23.4 Å². The third kappa shape index (κ3) is 4.45. The Balaban J connectivity index is 1.72. The van der Waals surface area contributed by atoms with Gasteiger partial charge < -0.3 is 4.74 Å². The molecular weight excluding hydrogens is 458 g/mol. The van der Waals surface area contributed by atoms with E-state index < -0.39 is 11.2 Å². The second-order valence-corrected chi connectivity index (χ2v) is 10.5. The number of hydrogen-bond acceptors (Lipinski definition) is 8. The van der Waals surface area contributed by atoms with Gasteiger partial charge in [0, 0.05) is 36.2 Å². The third-order valence-electron chi connectivity index (χ3n) is 5.18. The fourth-order valence-electron chi connectivity index (χ4n) is 3.25.